The highest BCUT2D eigenvalue weighted by Crippen LogP contribution is 2.39. The third-order valence-corrected chi connectivity index (χ3v) is 4.61. The van der Waals surface area contributed by atoms with Crippen LogP contribution in [0.25, 0.3) is 10.9 Å². The molecule has 4 nitrogen and oxygen atoms in total. The molecule has 0 aliphatic heterocycles. The van der Waals surface area contributed by atoms with Gasteiger partial charge in [-0.15, -0.1) is 0 Å². The monoisotopic (exact) mass is 379 g/mol. The Labute approximate surface area is 160 Å². The summed E-state index contributed by atoms with van der Waals surface area (Å²) in [7, 11) is 0. The number of halogens is 2. The number of aromatic nitrogens is 2. The number of nitrogens with one attached hydrogen (secondary N) is 1. The number of hydrogen-bond acceptors (Lipinski definition) is 4. The lowest BCUT2D eigenvalue weighted by molar-refractivity contribution is 0.471. The van der Waals surface area contributed by atoms with Gasteiger partial charge in [0.25, 0.3) is 0 Å². The van der Waals surface area contributed by atoms with Crippen LogP contribution in [-0.4, -0.2) is 15.1 Å². The first-order valence-electron chi connectivity index (χ1n) is 8.32. The second-order valence-electron chi connectivity index (χ2n) is 6.04. The molecule has 4 rings (SSSR count). The van der Waals surface area contributed by atoms with Crippen LogP contribution in [0.2, 0.25) is 5.02 Å². The van der Waals surface area contributed by atoms with Gasteiger partial charge < -0.3 is 10.4 Å². The maximum atomic E-state index is 13.9. The van der Waals surface area contributed by atoms with Crippen molar-refractivity contribution in [1.82, 2.24) is 9.97 Å². The maximum Gasteiger partial charge on any atom is 0.147 e. The van der Waals surface area contributed by atoms with Gasteiger partial charge in [0.15, 0.2) is 0 Å². The summed E-state index contributed by atoms with van der Waals surface area (Å²) in [6.45, 7) is 0. The van der Waals surface area contributed by atoms with Crippen LogP contribution in [0.4, 0.5) is 10.2 Å². The molecule has 1 atom stereocenters. The van der Waals surface area contributed by atoms with E-state index in [0.29, 0.717) is 32.9 Å². The van der Waals surface area contributed by atoms with E-state index in [4.69, 9.17) is 11.6 Å². The molecule has 134 valence electrons. The molecular formula is C21H15ClFN3O. The van der Waals surface area contributed by atoms with Crippen molar-refractivity contribution in [3.8, 4) is 5.75 Å². The highest BCUT2D eigenvalue weighted by atomic mass is 35.5. The summed E-state index contributed by atoms with van der Waals surface area (Å²) in [6.07, 6.45) is 3.24. The minimum absolute atomic E-state index is 0.00677. The standard InChI is InChI=1S/C21H15ClFN3O/c22-17-12-16(21(27)20-15(17)7-4-10-25-20)19(13-5-3-6-14(23)11-13)26-18-8-1-2-9-24-18/h1-12,19,27H,(H,24,26)/t19-/m0/s1. The van der Waals surface area contributed by atoms with E-state index in [2.05, 4.69) is 15.3 Å². The van der Waals surface area contributed by atoms with Crippen LogP contribution in [0.1, 0.15) is 17.2 Å². The summed E-state index contributed by atoms with van der Waals surface area (Å²) in [4.78, 5) is 8.52. The lowest BCUT2D eigenvalue weighted by Gasteiger charge is -2.22. The van der Waals surface area contributed by atoms with E-state index in [1.807, 2.05) is 6.07 Å². The molecule has 2 aromatic heterocycles. The molecular weight excluding hydrogens is 365 g/mol. The van der Waals surface area contributed by atoms with Gasteiger partial charge in [0, 0.05) is 23.3 Å². The molecule has 0 fully saturated rings. The van der Waals surface area contributed by atoms with Crippen molar-refractivity contribution in [3.63, 3.8) is 0 Å². The van der Waals surface area contributed by atoms with Crippen molar-refractivity contribution in [3.05, 3.63) is 95.0 Å². The predicted molar refractivity (Wildman–Crippen MR) is 105 cm³/mol. The van der Waals surface area contributed by atoms with Crippen molar-refractivity contribution >= 4 is 28.3 Å². The first-order valence-corrected chi connectivity index (χ1v) is 8.70. The molecule has 2 aromatic carbocycles. The summed E-state index contributed by atoms with van der Waals surface area (Å²) in [5, 5.41) is 15.2. The molecule has 0 amide bonds. The number of rotatable bonds is 4. The van der Waals surface area contributed by atoms with Crippen LogP contribution in [0.5, 0.6) is 5.75 Å². The van der Waals surface area contributed by atoms with E-state index in [9.17, 15) is 9.50 Å². The third-order valence-electron chi connectivity index (χ3n) is 4.30. The summed E-state index contributed by atoms with van der Waals surface area (Å²) >= 11 is 6.43. The molecule has 0 spiro atoms. The molecule has 0 unspecified atom stereocenters. The van der Waals surface area contributed by atoms with Crippen LogP contribution < -0.4 is 5.32 Å². The molecule has 2 heterocycles. The number of anilines is 1. The van der Waals surface area contributed by atoms with Crippen LogP contribution in [-0.2, 0) is 0 Å². The Hall–Kier alpha value is -3.18. The Bertz CT molecular complexity index is 1110. The number of phenolic OH excluding ortho intramolecular Hbond substituents is 1. The molecule has 0 saturated heterocycles. The van der Waals surface area contributed by atoms with Crippen LogP contribution >= 0.6 is 11.6 Å². The first-order chi connectivity index (χ1) is 13.1. The minimum Gasteiger partial charge on any atom is -0.505 e. The largest absolute Gasteiger partial charge is 0.505 e. The Morgan fingerprint density at radius 2 is 1.81 bits per heavy atom. The molecule has 0 bridgehead atoms. The SMILES string of the molecule is Oc1c([C@@H](Nc2ccccn2)c2cccc(F)c2)cc(Cl)c2cccnc12. The van der Waals surface area contributed by atoms with Gasteiger partial charge in [-0.2, -0.15) is 0 Å². The molecule has 2 N–H and O–H groups in total. The zero-order valence-electron chi connectivity index (χ0n) is 14.1. The van der Waals surface area contributed by atoms with E-state index < -0.39 is 6.04 Å². The average molecular weight is 380 g/mol. The van der Waals surface area contributed by atoms with Crippen molar-refractivity contribution < 1.29 is 9.50 Å². The number of fused-ring (bicyclic) bond motifs is 1. The molecule has 0 saturated carbocycles. The highest BCUT2D eigenvalue weighted by molar-refractivity contribution is 6.35. The maximum absolute atomic E-state index is 13.9. The summed E-state index contributed by atoms with van der Waals surface area (Å²) in [6, 6.07) is 16.3. The first kappa shape index (κ1) is 17.2. The van der Waals surface area contributed by atoms with Crippen molar-refractivity contribution in [2.24, 2.45) is 0 Å². The van der Waals surface area contributed by atoms with Crippen molar-refractivity contribution in [2.75, 3.05) is 5.32 Å². The van der Waals surface area contributed by atoms with E-state index in [0.717, 1.165) is 0 Å². The second kappa shape index (κ2) is 7.21. The highest BCUT2D eigenvalue weighted by Gasteiger charge is 2.22. The van der Waals surface area contributed by atoms with Gasteiger partial charge in [0.2, 0.25) is 0 Å². The van der Waals surface area contributed by atoms with Crippen LogP contribution in [0, 0.1) is 5.82 Å². The molecule has 27 heavy (non-hydrogen) atoms. The molecule has 0 aliphatic rings. The molecule has 0 radical (unpaired) electrons. The van der Waals surface area contributed by atoms with Gasteiger partial charge in [0.1, 0.15) is 22.9 Å². The smallest absolute Gasteiger partial charge is 0.147 e. The zero-order chi connectivity index (χ0) is 18.8. The fraction of sp³-hybridized carbons (Fsp3) is 0.0476. The lowest BCUT2D eigenvalue weighted by atomic mass is 9.96. The second-order valence-corrected chi connectivity index (χ2v) is 6.45. The van der Waals surface area contributed by atoms with Crippen molar-refractivity contribution in [2.45, 2.75) is 6.04 Å². The van der Waals surface area contributed by atoms with Gasteiger partial charge >= 0.3 is 0 Å². The van der Waals surface area contributed by atoms with E-state index in [1.165, 1.54) is 12.1 Å². The lowest BCUT2D eigenvalue weighted by Crippen LogP contribution is -2.14. The number of pyridine rings is 2. The topological polar surface area (TPSA) is 58.0 Å². The van der Waals surface area contributed by atoms with E-state index >= 15 is 0 Å². The molecule has 0 aliphatic carbocycles. The average Bonchev–Trinajstić information content (AvgIpc) is 2.70. The Kier molecular flexibility index (Phi) is 4.60. The van der Waals surface area contributed by atoms with Crippen LogP contribution in [0.15, 0.2) is 73.1 Å². The summed E-state index contributed by atoms with van der Waals surface area (Å²) in [5.41, 5.74) is 1.51. The Morgan fingerprint density at radius 3 is 2.59 bits per heavy atom. The number of aromatic hydroxyl groups is 1. The fourth-order valence-electron chi connectivity index (χ4n) is 3.05. The minimum atomic E-state index is -0.570. The van der Waals surface area contributed by atoms with Crippen LogP contribution in [0.3, 0.4) is 0 Å². The third kappa shape index (κ3) is 3.41. The predicted octanol–water partition coefficient (Wildman–Crippen LogP) is 5.33. The van der Waals surface area contributed by atoms with Gasteiger partial charge in [-0.05, 0) is 48.0 Å². The van der Waals surface area contributed by atoms with Gasteiger partial charge in [0.05, 0.1) is 11.1 Å². The quantitative estimate of drug-likeness (QED) is 0.503. The summed E-state index contributed by atoms with van der Waals surface area (Å²) < 4.78 is 13.9. The fourth-order valence-corrected chi connectivity index (χ4v) is 3.32. The Balaban J connectivity index is 1.91. The number of phenols is 1. The normalized spacial score (nSPS) is 12.1. The van der Waals surface area contributed by atoms with Crippen molar-refractivity contribution in [1.29, 1.82) is 0 Å². The number of nitrogens with zero attached hydrogens (tertiary/aromatic N) is 2. The number of hydrogen-bond donors (Lipinski definition) is 2. The van der Waals surface area contributed by atoms with Gasteiger partial charge in [-0.25, -0.2) is 9.37 Å². The Morgan fingerprint density at radius 1 is 0.963 bits per heavy atom. The van der Waals surface area contributed by atoms with E-state index in [-0.39, 0.29) is 11.6 Å². The number of benzene rings is 2. The van der Waals surface area contributed by atoms with Gasteiger partial charge in [-0.1, -0.05) is 29.8 Å². The van der Waals surface area contributed by atoms with E-state index in [1.54, 1.807) is 54.9 Å². The molecule has 4 aromatic rings. The van der Waals surface area contributed by atoms with Gasteiger partial charge in [-0.3, -0.25) is 4.98 Å². The summed E-state index contributed by atoms with van der Waals surface area (Å²) in [5.74, 6) is 0.209. The molecule has 6 heteroatoms. The zero-order valence-corrected chi connectivity index (χ0v) is 14.9.